The first-order chi connectivity index (χ1) is 9.11. The summed E-state index contributed by atoms with van der Waals surface area (Å²) < 4.78 is 5.76. The van der Waals surface area contributed by atoms with E-state index in [0.717, 1.165) is 18.5 Å². The minimum atomic E-state index is -0.259. The van der Waals surface area contributed by atoms with Gasteiger partial charge in [0.25, 0.3) is 5.91 Å². The van der Waals surface area contributed by atoms with Gasteiger partial charge in [-0.15, -0.1) is 11.3 Å². The number of nitrogens with one attached hydrogen (secondary N) is 1. The standard InChI is InChI=1S/C13H13BrN2O2S/c1-7-2-3-8-10(6-7)19-13(15-8)16-12(17)9-4-5-11(14)18-9/h4-5,7H,2-3,6H2,1H3,(H,15,16,17)/t7-/m0/s1. The molecule has 0 aromatic carbocycles. The van der Waals surface area contributed by atoms with Gasteiger partial charge in [-0.2, -0.15) is 0 Å². The fraction of sp³-hybridized carbons (Fsp3) is 0.385. The van der Waals surface area contributed by atoms with E-state index in [1.807, 2.05) is 0 Å². The summed E-state index contributed by atoms with van der Waals surface area (Å²) >= 11 is 4.75. The fourth-order valence-electron chi connectivity index (χ4n) is 2.19. The van der Waals surface area contributed by atoms with Crippen molar-refractivity contribution in [2.75, 3.05) is 5.32 Å². The van der Waals surface area contributed by atoms with Crippen molar-refractivity contribution in [3.8, 4) is 0 Å². The summed E-state index contributed by atoms with van der Waals surface area (Å²) in [5, 5.41) is 3.46. The maximum atomic E-state index is 11.9. The number of nitrogens with zero attached hydrogens (tertiary/aromatic N) is 1. The number of aromatic nitrogens is 1. The third-order valence-corrected chi connectivity index (χ3v) is 4.67. The average Bonchev–Trinajstić information content (AvgIpc) is 2.94. The van der Waals surface area contributed by atoms with Gasteiger partial charge in [0.1, 0.15) is 0 Å². The highest BCUT2D eigenvalue weighted by molar-refractivity contribution is 9.10. The Balaban J connectivity index is 1.75. The van der Waals surface area contributed by atoms with Crippen molar-refractivity contribution in [2.24, 2.45) is 5.92 Å². The minimum Gasteiger partial charge on any atom is -0.444 e. The molecule has 1 atom stereocenters. The van der Waals surface area contributed by atoms with Crippen molar-refractivity contribution in [2.45, 2.75) is 26.2 Å². The van der Waals surface area contributed by atoms with Crippen LogP contribution in [0.1, 0.15) is 34.5 Å². The lowest BCUT2D eigenvalue weighted by Gasteiger charge is -2.15. The molecule has 1 N–H and O–H groups in total. The van der Waals surface area contributed by atoms with Crippen LogP contribution in [0.5, 0.6) is 0 Å². The highest BCUT2D eigenvalue weighted by atomic mass is 79.9. The fourth-order valence-corrected chi connectivity index (χ4v) is 3.66. The van der Waals surface area contributed by atoms with Crippen molar-refractivity contribution in [1.82, 2.24) is 4.98 Å². The molecule has 0 bridgehead atoms. The molecule has 0 saturated heterocycles. The van der Waals surface area contributed by atoms with Crippen LogP contribution in [-0.2, 0) is 12.8 Å². The maximum absolute atomic E-state index is 11.9. The van der Waals surface area contributed by atoms with E-state index in [-0.39, 0.29) is 11.7 Å². The van der Waals surface area contributed by atoms with Crippen LogP contribution in [0, 0.1) is 5.92 Å². The number of thiazole rings is 1. The number of carbonyl (C=O) groups is 1. The molecule has 0 saturated carbocycles. The Labute approximate surface area is 123 Å². The van der Waals surface area contributed by atoms with E-state index in [1.54, 1.807) is 23.5 Å². The third kappa shape index (κ3) is 2.74. The van der Waals surface area contributed by atoms with E-state index in [9.17, 15) is 4.79 Å². The lowest BCUT2D eigenvalue weighted by Crippen LogP contribution is -2.11. The predicted molar refractivity (Wildman–Crippen MR) is 77.7 cm³/mol. The maximum Gasteiger partial charge on any atom is 0.293 e. The number of hydrogen-bond donors (Lipinski definition) is 1. The zero-order valence-electron chi connectivity index (χ0n) is 10.4. The molecule has 0 spiro atoms. The first kappa shape index (κ1) is 12.9. The van der Waals surface area contributed by atoms with Crippen LogP contribution in [0.15, 0.2) is 21.2 Å². The van der Waals surface area contributed by atoms with E-state index in [1.165, 1.54) is 11.3 Å². The Hall–Kier alpha value is -1.14. The molecule has 1 amide bonds. The first-order valence-electron chi connectivity index (χ1n) is 6.17. The van der Waals surface area contributed by atoms with E-state index in [2.05, 4.69) is 33.2 Å². The molecule has 2 aromatic rings. The number of aryl methyl sites for hydroxylation is 1. The topological polar surface area (TPSA) is 55.1 Å². The second kappa shape index (κ2) is 5.09. The summed E-state index contributed by atoms with van der Waals surface area (Å²) in [6, 6.07) is 3.33. The molecule has 6 heteroatoms. The number of rotatable bonds is 2. The summed E-state index contributed by atoms with van der Waals surface area (Å²) in [5.41, 5.74) is 1.14. The molecule has 0 unspecified atom stereocenters. The monoisotopic (exact) mass is 340 g/mol. The van der Waals surface area contributed by atoms with Crippen LogP contribution in [0.4, 0.5) is 5.13 Å². The van der Waals surface area contributed by atoms with Gasteiger partial charge < -0.3 is 4.42 Å². The third-order valence-electron chi connectivity index (χ3n) is 3.20. The zero-order chi connectivity index (χ0) is 13.4. The summed E-state index contributed by atoms with van der Waals surface area (Å²) in [6.07, 6.45) is 3.25. The zero-order valence-corrected chi connectivity index (χ0v) is 12.8. The number of fused-ring (bicyclic) bond motifs is 1. The molecule has 0 aliphatic heterocycles. The van der Waals surface area contributed by atoms with Crippen LogP contribution < -0.4 is 5.32 Å². The Morgan fingerprint density at radius 1 is 1.58 bits per heavy atom. The SMILES string of the molecule is C[C@H]1CCc2nc(NC(=O)c3ccc(Br)o3)sc2C1. The number of carbonyl (C=O) groups excluding carboxylic acids is 1. The highest BCUT2D eigenvalue weighted by Gasteiger charge is 2.21. The smallest absolute Gasteiger partial charge is 0.293 e. The predicted octanol–water partition coefficient (Wildman–Crippen LogP) is 3.88. The van der Waals surface area contributed by atoms with Gasteiger partial charge in [0.15, 0.2) is 15.6 Å². The van der Waals surface area contributed by atoms with Crippen LogP contribution >= 0.6 is 27.3 Å². The largest absolute Gasteiger partial charge is 0.444 e. The molecule has 2 heterocycles. The van der Waals surface area contributed by atoms with E-state index >= 15 is 0 Å². The summed E-state index contributed by atoms with van der Waals surface area (Å²) in [6.45, 7) is 2.25. The molecule has 1 aliphatic rings. The van der Waals surface area contributed by atoms with Gasteiger partial charge in [-0.1, -0.05) is 6.92 Å². The molecular weight excluding hydrogens is 328 g/mol. The Bertz CT molecular complexity index is 620. The molecule has 2 aromatic heterocycles. The van der Waals surface area contributed by atoms with Crippen molar-refractivity contribution in [3.63, 3.8) is 0 Å². The van der Waals surface area contributed by atoms with Gasteiger partial charge in [-0.3, -0.25) is 10.1 Å². The second-order valence-corrected chi connectivity index (χ2v) is 6.66. The minimum absolute atomic E-state index is 0.259. The molecule has 19 heavy (non-hydrogen) atoms. The number of amides is 1. The van der Waals surface area contributed by atoms with Crippen LogP contribution in [0.2, 0.25) is 0 Å². The molecule has 3 rings (SSSR count). The van der Waals surface area contributed by atoms with Gasteiger partial charge in [0.05, 0.1) is 5.69 Å². The molecule has 4 nitrogen and oxygen atoms in total. The van der Waals surface area contributed by atoms with Crippen molar-refractivity contribution in [3.05, 3.63) is 33.1 Å². The second-order valence-electron chi connectivity index (χ2n) is 4.79. The van der Waals surface area contributed by atoms with Gasteiger partial charge in [0.2, 0.25) is 0 Å². The van der Waals surface area contributed by atoms with E-state index < -0.39 is 0 Å². The van der Waals surface area contributed by atoms with Gasteiger partial charge >= 0.3 is 0 Å². The lowest BCUT2D eigenvalue weighted by molar-refractivity contribution is 0.0995. The van der Waals surface area contributed by atoms with Crippen molar-refractivity contribution < 1.29 is 9.21 Å². The average molecular weight is 341 g/mol. The lowest BCUT2D eigenvalue weighted by atomic mass is 9.93. The number of halogens is 1. The summed E-state index contributed by atoms with van der Waals surface area (Å²) in [5.74, 6) is 0.732. The van der Waals surface area contributed by atoms with Crippen LogP contribution in [-0.4, -0.2) is 10.9 Å². The Morgan fingerprint density at radius 2 is 2.42 bits per heavy atom. The highest BCUT2D eigenvalue weighted by Crippen LogP contribution is 2.32. The quantitative estimate of drug-likeness (QED) is 0.902. The first-order valence-corrected chi connectivity index (χ1v) is 7.78. The Morgan fingerprint density at radius 3 is 3.16 bits per heavy atom. The molecule has 0 fully saturated rings. The van der Waals surface area contributed by atoms with E-state index in [0.29, 0.717) is 15.7 Å². The number of hydrogen-bond acceptors (Lipinski definition) is 4. The number of furan rings is 1. The summed E-state index contributed by atoms with van der Waals surface area (Å²) in [7, 11) is 0. The van der Waals surface area contributed by atoms with Gasteiger partial charge in [-0.25, -0.2) is 4.98 Å². The molecule has 1 aliphatic carbocycles. The van der Waals surface area contributed by atoms with Gasteiger partial charge in [0, 0.05) is 4.88 Å². The molecular formula is C13H13BrN2O2S. The summed E-state index contributed by atoms with van der Waals surface area (Å²) in [4.78, 5) is 17.7. The normalized spacial score (nSPS) is 18.1. The van der Waals surface area contributed by atoms with Crippen molar-refractivity contribution in [1.29, 1.82) is 0 Å². The van der Waals surface area contributed by atoms with E-state index in [4.69, 9.17) is 4.42 Å². The number of anilines is 1. The van der Waals surface area contributed by atoms with Crippen LogP contribution in [0.25, 0.3) is 0 Å². The molecule has 100 valence electrons. The van der Waals surface area contributed by atoms with Crippen LogP contribution in [0.3, 0.4) is 0 Å². The van der Waals surface area contributed by atoms with Gasteiger partial charge in [-0.05, 0) is 53.2 Å². The Kier molecular flexibility index (Phi) is 3.45. The molecule has 0 radical (unpaired) electrons. The van der Waals surface area contributed by atoms with Crippen molar-refractivity contribution >= 4 is 38.3 Å².